The van der Waals surface area contributed by atoms with Gasteiger partial charge in [0.05, 0.1) is 5.56 Å². The molecule has 0 unspecified atom stereocenters. The van der Waals surface area contributed by atoms with Crippen LogP contribution in [-0.2, 0) is 6.61 Å². The Labute approximate surface area is 133 Å². The highest BCUT2D eigenvalue weighted by atomic mass is 79.9. The molecular formula is C15H11Br2FO2. The Morgan fingerprint density at radius 3 is 2.65 bits per heavy atom. The van der Waals surface area contributed by atoms with E-state index in [0.717, 1.165) is 20.8 Å². The Balaban J connectivity index is 2.27. The average molecular weight is 402 g/mol. The van der Waals surface area contributed by atoms with Gasteiger partial charge in [-0.3, -0.25) is 4.79 Å². The Morgan fingerprint density at radius 2 is 1.95 bits per heavy atom. The number of ether oxygens (including phenoxy) is 1. The predicted molar refractivity (Wildman–Crippen MR) is 82.7 cm³/mol. The summed E-state index contributed by atoms with van der Waals surface area (Å²) in [5.74, 6) is 0.137. The zero-order chi connectivity index (χ0) is 14.7. The van der Waals surface area contributed by atoms with Crippen molar-refractivity contribution in [3.63, 3.8) is 0 Å². The van der Waals surface area contributed by atoms with Gasteiger partial charge in [-0.15, -0.1) is 0 Å². The summed E-state index contributed by atoms with van der Waals surface area (Å²) in [7, 11) is 0. The number of carbonyl (C=O) groups is 1. The first-order valence-corrected chi connectivity index (χ1v) is 7.42. The summed E-state index contributed by atoms with van der Waals surface area (Å²) in [6.07, 6.45) is 0.727. The molecule has 0 saturated carbocycles. The molecule has 0 heterocycles. The minimum Gasteiger partial charge on any atom is -0.488 e. The second-order valence-corrected chi connectivity index (χ2v) is 6.11. The number of carbonyl (C=O) groups excluding carboxylic acids is 1. The SMILES string of the molecule is Cc1cc(Br)cc(C=O)c1OCc1cc(Br)ccc1F. The Hall–Kier alpha value is -1.20. The molecular weight excluding hydrogens is 391 g/mol. The lowest BCUT2D eigenvalue weighted by molar-refractivity contribution is 0.111. The van der Waals surface area contributed by atoms with E-state index < -0.39 is 0 Å². The number of benzene rings is 2. The van der Waals surface area contributed by atoms with Crippen molar-refractivity contribution in [2.75, 3.05) is 0 Å². The smallest absolute Gasteiger partial charge is 0.153 e. The van der Waals surface area contributed by atoms with E-state index in [0.29, 0.717) is 16.9 Å². The molecule has 0 amide bonds. The van der Waals surface area contributed by atoms with E-state index in [2.05, 4.69) is 31.9 Å². The van der Waals surface area contributed by atoms with Crippen LogP contribution in [0.2, 0.25) is 0 Å². The van der Waals surface area contributed by atoms with Crippen LogP contribution in [0.3, 0.4) is 0 Å². The van der Waals surface area contributed by atoms with Gasteiger partial charge in [-0.05, 0) is 42.8 Å². The number of rotatable bonds is 4. The van der Waals surface area contributed by atoms with Crippen LogP contribution in [0.15, 0.2) is 39.3 Å². The first kappa shape index (κ1) is 15.2. The van der Waals surface area contributed by atoms with Crippen LogP contribution in [-0.4, -0.2) is 6.29 Å². The van der Waals surface area contributed by atoms with E-state index in [1.54, 1.807) is 18.2 Å². The second kappa shape index (κ2) is 6.50. The third-order valence-electron chi connectivity index (χ3n) is 2.77. The number of halogens is 3. The Kier molecular flexibility index (Phi) is 4.94. The molecule has 0 atom stereocenters. The largest absolute Gasteiger partial charge is 0.488 e. The first-order valence-electron chi connectivity index (χ1n) is 5.83. The number of aldehydes is 1. The fourth-order valence-electron chi connectivity index (χ4n) is 1.84. The van der Waals surface area contributed by atoms with Crippen molar-refractivity contribution in [3.8, 4) is 5.75 Å². The fraction of sp³-hybridized carbons (Fsp3) is 0.133. The van der Waals surface area contributed by atoms with Gasteiger partial charge in [-0.2, -0.15) is 0 Å². The molecule has 104 valence electrons. The van der Waals surface area contributed by atoms with Gasteiger partial charge in [0.25, 0.3) is 0 Å². The van der Waals surface area contributed by atoms with Crippen LogP contribution in [0.25, 0.3) is 0 Å². The normalized spacial score (nSPS) is 10.4. The molecule has 0 radical (unpaired) electrons. The van der Waals surface area contributed by atoms with E-state index in [-0.39, 0.29) is 12.4 Å². The van der Waals surface area contributed by atoms with Gasteiger partial charge in [0.15, 0.2) is 6.29 Å². The molecule has 0 N–H and O–H groups in total. The monoisotopic (exact) mass is 400 g/mol. The Bertz CT molecular complexity index is 657. The lowest BCUT2D eigenvalue weighted by Crippen LogP contribution is -2.02. The lowest BCUT2D eigenvalue weighted by atomic mass is 10.1. The van der Waals surface area contributed by atoms with Gasteiger partial charge in [0, 0.05) is 14.5 Å². The zero-order valence-corrected chi connectivity index (χ0v) is 13.8. The minimum atomic E-state index is -0.337. The first-order chi connectivity index (χ1) is 9.51. The molecule has 20 heavy (non-hydrogen) atoms. The third-order valence-corrected chi connectivity index (χ3v) is 3.73. The Morgan fingerprint density at radius 1 is 1.20 bits per heavy atom. The van der Waals surface area contributed by atoms with Gasteiger partial charge < -0.3 is 4.74 Å². The highest BCUT2D eigenvalue weighted by molar-refractivity contribution is 9.10. The fourth-order valence-corrected chi connectivity index (χ4v) is 2.84. The summed E-state index contributed by atoms with van der Waals surface area (Å²) in [5, 5.41) is 0. The van der Waals surface area contributed by atoms with Crippen LogP contribution in [0.5, 0.6) is 5.75 Å². The van der Waals surface area contributed by atoms with Crippen molar-refractivity contribution in [1.82, 2.24) is 0 Å². The van der Waals surface area contributed by atoms with Gasteiger partial charge in [-0.1, -0.05) is 31.9 Å². The summed E-state index contributed by atoms with van der Waals surface area (Å²) in [5.41, 5.74) is 1.68. The molecule has 0 aromatic heterocycles. The average Bonchev–Trinajstić information content (AvgIpc) is 2.40. The van der Waals surface area contributed by atoms with Gasteiger partial charge in [-0.25, -0.2) is 4.39 Å². The maximum atomic E-state index is 13.6. The molecule has 0 spiro atoms. The standard InChI is InChI=1S/C15H11Br2FO2/c1-9-4-13(17)5-10(7-19)15(9)20-8-11-6-12(16)2-3-14(11)18/h2-7H,8H2,1H3. The molecule has 0 aliphatic carbocycles. The van der Waals surface area contributed by atoms with Crippen LogP contribution < -0.4 is 4.74 Å². The maximum absolute atomic E-state index is 13.6. The number of hydrogen-bond donors (Lipinski definition) is 0. The predicted octanol–water partition coefficient (Wildman–Crippen LogP) is 5.05. The summed E-state index contributed by atoms with van der Waals surface area (Å²) >= 11 is 6.61. The van der Waals surface area contributed by atoms with Crippen molar-refractivity contribution < 1.29 is 13.9 Å². The van der Waals surface area contributed by atoms with Crippen LogP contribution in [0.4, 0.5) is 4.39 Å². The molecule has 2 nitrogen and oxygen atoms in total. The summed E-state index contributed by atoms with van der Waals surface area (Å²) in [4.78, 5) is 11.1. The van der Waals surface area contributed by atoms with Crippen molar-refractivity contribution in [3.05, 3.63) is 61.8 Å². The molecule has 0 aliphatic rings. The quantitative estimate of drug-likeness (QED) is 0.670. The molecule has 2 aromatic carbocycles. The summed E-state index contributed by atoms with van der Waals surface area (Å²) in [6.45, 7) is 1.90. The maximum Gasteiger partial charge on any atom is 0.153 e. The second-order valence-electron chi connectivity index (χ2n) is 4.28. The molecule has 0 fully saturated rings. The van der Waals surface area contributed by atoms with E-state index in [1.807, 2.05) is 13.0 Å². The van der Waals surface area contributed by atoms with Crippen molar-refractivity contribution in [2.24, 2.45) is 0 Å². The van der Waals surface area contributed by atoms with E-state index >= 15 is 0 Å². The third kappa shape index (κ3) is 3.46. The van der Waals surface area contributed by atoms with E-state index in [9.17, 15) is 9.18 Å². The highest BCUT2D eigenvalue weighted by Crippen LogP contribution is 2.28. The molecule has 0 aliphatic heterocycles. The molecule has 5 heteroatoms. The van der Waals surface area contributed by atoms with Crippen molar-refractivity contribution in [1.29, 1.82) is 0 Å². The van der Waals surface area contributed by atoms with Crippen LogP contribution >= 0.6 is 31.9 Å². The van der Waals surface area contributed by atoms with Gasteiger partial charge in [0.2, 0.25) is 0 Å². The van der Waals surface area contributed by atoms with Gasteiger partial charge in [0.1, 0.15) is 18.2 Å². The summed E-state index contributed by atoms with van der Waals surface area (Å²) < 4.78 is 20.8. The van der Waals surface area contributed by atoms with Crippen LogP contribution in [0.1, 0.15) is 21.5 Å². The molecule has 0 saturated heterocycles. The minimum absolute atomic E-state index is 0.0641. The molecule has 2 aromatic rings. The topological polar surface area (TPSA) is 26.3 Å². The lowest BCUT2D eigenvalue weighted by Gasteiger charge is -2.12. The number of hydrogen-bond acceptors (Lipinski definition) is 2. The zero-order valence-electron chi connectivity index (χ0n) is 10.6. The van der Waals surface area contributed by atoms with Gasteiger partial charge >= 0.3 is 0 Å². The highest BCUT2D eigenvalue weighted by Gasteiger charge is 2.10. The van der Waals surface area contributed by atoms with Crippen LogP contribution in [0, 0.1) is 12.7 Å². The number of aryl methyl sites for hydroxylation is 1. The molecule has 0 bridgehead atoms. The van der Waals surface area contributed by atoms with Crippen molar-refractivity contribution in [2.45, 2.75) is 13.5 Å². The van der Waals surface area contributed by atoms with E-state index in [1.165, 1.54) is 6.07 Å². The summed E-state index contributed by atoms with van der Waals surface area (Å²) in [6, 6.07) is 8.18. The van der Waals surface area contributed by atoms with E-state index in [4.69, 9.17) is 4.74 Å². The van der Waals surface area contributed by atoms with Crippen molar-refractivity contribution >= 4 is 38.1 Å². The molecule has 2 rings (SSSR count).